The quantitative estimate of drug-likeness (QED) is 0.828. The highest BCUT2D eigenvalue weighted by molar-refractivity contribution is 5.20. The van der Waals surface area contributed by atoms with Crippen LogP contribution in [-0.2, 0) is 5.41 Å². The largest absolute Gasteiger partial charge is 0.368 e. The molecule has 0 aromatic carbocycles. The van der Waals surface area contributed by atoms with Crippen LogP contribution in [0.4, 0.5) is 5.95 Å². The zero-order valence-corrected chi connectivity index (χ0v) is 13.2. The van der Waals surface area contributed by atoms with Crippen molar-refractivity contribution in [1.82, 2.24) is 24.8 Å². The Hall–Kier alpha value is -1.27. The predicted molar refractivity (Wildman–Crippen MR) is 80.4 cm³/mol. The van der Waals surface area contributed by atoms with E-state index in [9.17, 15) is 0 Å². The van der Waals surface area contributed by atoms with Crippen LogP contribution in [-0.4, -0.2) is 58.5 Å². The number of hydrogen-bond donors (Lipinski definition) is 1. The summed E-state index contributed by atoms with van der Waals surface area (Å²) in [5.41, 5.74) is 5.76. The van der Waals surface area contributed by atoms with Gasteiger partial charge in [0.1, 0.15) is 5.82 Å². The average Bonchev–Trinajstić information content (AvgIpc) is 2.49. The molecular weight excluding hydrogens is 252 g/mol. The van der Waals surface area contributed by atoms with Crippen LogP contribution in [0.25, 0.3) is 0 Å². The van der Waals surface area contributed by atoms with Crippen LogP contribution in [0, 0.1) is 0 Å². The molecule has 1 saturated heterocycles. The maximum atomic E-state index is 5.89. The fourth-order valence-corrected chi connectivity index (χ4v) is 2.44. The third kappa shape index (κ3) is 3.43. The van der Waals surface area contributed by atoms with Crippen molar-refractivity contribution in [3.05, 3.63) is 11.6 Å². The van der Waals surface area contributed by atoms with Crippen molar-refractivity contribution in [2.45, 2.75) is 38.6 Å². The van der Waals surface area contributed by atoms with Crippen LogP contribution in [0.1, 0.15) is 44.9 Å². The second-order valence-corrected chi connectivity index (χ2v) is 6.74. The van der Waals surface area contributed by atoms with Gasteiger partial charge in [0.2, 0.25) is 5.95 Å². The first kappa shape index (κ1) is 15.1. The Morgan fingerprint density at radius 1 is 1.10 bits per heavy atom. The van der Waals surface area contributed by atoms with Gasteiger partial charge >= 0.3 is 0 Å². The zero-order chi connectivity index (χ0) is 14.9. The van der Waals surface area contributed by atoms with Gasteiger partial charge in [-0.2, -0.15) is 9.97 Å². The lowest BCUT2D eigenvalue weighted by atomic mass is 9.96. The topological polar surface area (TPSA) is 71.2 Å². The highest BCUT2D eigenvalue weighted by Gasteiger charge is 2.27. The monoisotopic (exact) mass is 278 g/mol. The molecule has 20 heavy (non-hydrogen) atoms. The van der Waals surface area contributed by atoms with Crippen molar-refractivity contribution in [3.63, 3.8) is 0 Å². The lowest BCUT2D eigenvalue weighted by Gasteiger charge is -2.27. The van der Waals surface area contributed by atoms with E-state index in [1.807, 2.05) is 0 Å². The molecule has 1 fully saturated rings. The molecule has 1 aliphatic heterocycles. The van der Waals surface area contributed by atoms with Crippen LogP contribution in [0.5, 0.6) is 0 Å². The molecule has 0 saturated carbocycles. The van der Waals surface area contributed by atoms with Gasteiger partial charge in [0, 0.05) is 12.0 Å². The predicted octanol–water partition coefficient (Wildman–Crippen LogP) is 1.06. The molecule has 1 unspecified atom stereocenters. The summed E-state index contributed by atoms with van der Waals surface area (Å²) in [6.45, 7) is 9.35. The first-order valence-electron chi connectivity index (χ1n) is 7.18. The van der Waals surface area contributed by atoms with Gasteiger partial charge in [-0.25, -0.2) is 4.98 Å². The highest BCUT2D eigenvalue weighted by Crippen LogP contribution is 2.24. The molecule has 1 aromatic rings. The normalized spacial score (nSPS) is 22.8. The SMILES string of the molecule is CN1CCCN(C)C(c2nc(N)nc(C(C)(C)C)n2)C1. The molecule has 1 aromatic heterocycles. The molecule has 0 radical (unpaired) electrons. The molecule has 0 spiro atoms. The van der Waals surface area contributed by atoms with E-state index in [4.69, 9.17) is 5.73 Å². The smallest absolute Gasteiger partial charge is 0.223 e. The van der Waals surface area contributed by atoms with Gasteiger partial charge in [0.05, 0.1) is 6.04 Å². The van der Waals surface area contributed by atoms with Crippen LogP contribution in [0.2, 0.25) is 0 Å². The summed E-state index contributed by atoms with van der Waals surface area (Å²) in [5.74, 6) is 1.87. The van der Waals surface area contributed by atoms with E-state index in [2.05, 4.69) is 59.6 Å². The van der Waals surface area contributed by atoms with Crippen LogP contribution < -0.4 is 5.73 Å². The molecule has 112 valence electrons. The molecule has 2 N–H and O–H groups in total. The van der Waals surface area contributed by atoms with E-state index in [1.54, 1.807) is 0 Å². The average molecular weight is 278 g/mol. The van der Waals surface area contributed by atoms with Crippen molar-refractivity contribution in [3.8, 4) is 0 Å². The minimum absolute atomic E-state index is 0.124. The van der Waals surface area contributed by atoms with Gasteiger partial charge in [0.15, 0.2) is 5.82 Å². The molecule has 2 heterocycles. The van der Waals surface area contributed by atoms with Crippen molar-refractivity contribution in [2.24, 2.45) is 0 Å². The van der Waals surface area contributed by atoms with E-state index in [1.165, 1.54) is 0 Å². The number of aromatic nitrogens is 3. The molecule has 2 rings (SSSR count). The maximum Gasteiger partial charge on any atom is 0.223 e. The van der Waals surface area contributed by atoms with E-state index in [-0.39, 0.29) is 11.5 Å². The van der Waals surface area contributed by atoms with E-state index in [0.717, 1.165) is 37.7 Å². The van der Waals surface area contributed by atoms with E-state index < -0.39 is 0 Å². The molecular formula is C14H26N6. The van der Waals surface area contributed by atoms with Crippen molar-refractivity contribution < 1.29 is 0 Å². The van der Waals surface area contributed by atoms with Gasteiger partial charge in [-0.15, -0.1) is 0 Å². The number of likely N-dealkylation sites (N-methyl/N-ethyl adjacent to an activating group) is 2. The minimum atomic E-state index is -0.124. The van der Waals surface area contributed by atoms with Gasteiger partial charge in [-0.1, -0.05) is 20.8 Å². The fraction of sp³-hybridized carbons (Fsp3) is 0.786. The van der Waals surface area contributed by atoms with Gasteiger partial charge in [-0.3, -0.25) is 4.90 Å². The highest BCUT2D eigenvalue weighted by atomic mass is 15.2. The number of anilines is 1. The van der Waals surface area contributed by atoms with Crippen LogP contribution >= 0.6 is 0 Å². The molecule has 1 atom stereocenters. The third-order valence-corrected chi connectivity index (χ3v) is 3.71. The molecule has 6 nitrogen and oxygen atoms in total. The first-order chi connectivity index (χ1) is 9.27. The van der Waals surface area contributed by atoms with E-state index in [0.29, 0.717) is 5.95 Å². The number of nitrogens with zero attached hydrogens (tertiary/aromatic N) is 5. The number of rotatable bonds is 1. The number of nitrogen functional groups attached to an aromatic ring is 1. The summed E-state index contributed by atoms with van der Waals surface area (Å²) < 4.78 is 0. The Labute approximate surface area is 121 Å². The fourth-order valence-electron chi connectivity index (χ4n) is 2.44. The second kappa shape index (κ2) is 5.61. The van der Waals surface area contributed by atoms with Gasteiger partial charge < -0.3 is 10.6 Å². The molecule has 0 amide bonds. The Morgan fingerprint density at radius 3 is 2.45 bits per heavy atom. The second-order valence-electron chi connectivity index (χ2n) is 6.74. The van der Waals surface area contributed by atoms with Crippen molar-refractivity contribution in [2.75, 3.05) is 39.5 Å². The summed E-state index contributed by atoms with van der Waals surface area (Å²) >= 11 is 0. The number of hydrogen-bond acceptors (Lipinski definition) is 6. The van der Waals surface area contributed by atoms with Crippen molar-refractivity contribution >= 4 is 5.95 Å². The van der Waals surface area contributed by atoms with Crippen molar-refractivity contribution in [1.29, 1.82) is 0 Å². The van der Waals surface area contributed by atoms with Crippen LogP contribution in [0.15, 0.2) is 0 Å². The lowest BCUT2D eigenvalue weighted by Crippen LogP contribution is -2.33. The van der Waals surface area contributed by atoms with Gasteiger partial charge in [0.25, 0.3) is 0 Å². The molecule has 0 aliphatic carbocycles. The summed E-state index contributed by atoms with van der Waals surface area (Å²) in [6, 6.07) is 0.175. The minimum Gasteiger partial charge on any atom is -0.368 e. The molecule has 6 heteroatoms. The first-order valence-corrected chi connectivity index (χ1v) is 7.18. The molecule has 1 aliphatic rings. The lowest BCUT2D eigenvalue weighted by molar-refractivity contribution is 0.218. The zero-order valence-electron chi connectivity index (χ0n) is 13.2. The molecule has 0 bridgehead atoms. The standard InChI is InChI=1S/C14H26N6/c1-14(2,3)12-16-11(17-13(15)18-12)10-9-19(4)7-6-8-20(10)5/h10H,6-9H2,1-5H3,(H2,15,16,17,18). The summed E-state index contributed by atoms with van der Waals surface area (Å²) in [5, 5.41) is 0. The van der Waals surface area contributed by atoms with Crippen LogP contribution in [0.3, 0.4) is 0 Å². The third-order valence-electron chi connectivity index (χ3n) is 3.71. The Morgan fingerprint density at radius 2 is 1.80 bits per heavy atom. The van der Waals surface area contributed by atoms with E-state index >= 15 is 0 Å². The Bertz CT molecular complexity index is 467. The van der Waals surface area contributed by atoms with Gasteiger partial charge in [-0.05, 0) is 33.6 Å². The summed E-state index contributed by atoms with van der Waals surface area (Å²) in [6.07, 6.45) is 1.16. The summed E-state index contributed by atoms with van der Waals surface area (Å²) in [7, 11) is 4.27. The maximum absolute atomic E-state index is 5.89. The summed E-state index contributed by atoms with van der Waals surface area (Å²) in [4.78, 5) is 18.0. The number of nitrogens with two attached hydrogens (primary N) is 1. The Kier molecular flexibility index (Phi) is 4.25. The Balaban J connectivity index is 2.37.